The van der Waals surface area contributed by atoms with Gasteiger partial charge < -0.3 is 0 Å². The summed E-state index contributed by atoms with van der Waals surface area (Å²) in [6, 6.07) is 14.3. The number of rotatable bonds is 3. The van der Waals surface area contributed by atoms with E-state index in [0.29, 0.717) is 10.9 Å². The fraction of sp³-hybridized carbons (Fsp3) is 0. The van der Waals surface area contributed by atoms with Crippen LogP contribution in [0.2, 0.25) is 0 Å². The van der Waals surface area contributed by atoms with Crippen LogP contribution in [0, 0.1) is 0 Å². The highest BCUT2D eigenvalue weighted by atomic mass is 32.2. The molecule has 0 aliphatic carbocycles. The van der Waals surface area contributed by atoms with Gasteiger partial charge in [0.15, 0.2) is 0 Å². The number of nitrogens with two attached hydrogens (primary N) is 1. The summed E-state index contributed by atoms with van der Waals surface area (Å²) in [6.45, 7) is 0. The van der Waals surface area contributed by atoms with Gasteiger partial charge in [0.1, 0.15) is 0 Å². The van der Waals surface area contributed by atoms with Crippen molar-refractivity contribution in [3.8, 4) is 0 Å². The molecule has 4 N–H and O–H groups in total. The molecule has 0 aliphatic rings. The predicted octanol–water partition coefficient (Wildman–Crippen LogP) is 1.04. The molecule has 0 radical (unpaired) electrons. The first kappa shape index (κ1) is 12.9. The van der Waals surface area contributed by atoms with Gasteiger partial charge in [-0.3, -0.25) is 5.84 Å². The number of hydrazine groups is 2. The molecule has 1 heterocycles. The predicted molar refractivity (Wildman–Crippen MR) is 76.9 cm³/mol. The maximum atomic E-state index is 12.1. The third kappa shape index (κ3) is 2.12. The minimum Gasteiger partial charge on any atom is -0.257 e. The molecule has 0 amide bonds. The number of pyridine rings is 1. The topological polar surface area (TPSA) is 97.1 Å². The highest BCUT2D eigenvalue weighted by Crippen LogP contribution is 2.25. The van der Waals surface area contributed by atoms with Gasteiger partial charge in [-0.2, -0.15) is 5.53 Å². The summed E-state index contributed by atoms with van der Waals surface area (Å²) in [7, 11) is -3.73. The Morgan fingerprint density at radius 2 is 1.75 bits per heavy atom. The lowest BCUT2D eigenvalue weighted by Crippen LogP contribution is -2.42. The zero-order valence-electron chi connectivity index (χ0n) is 10.4. The Balaban J connectivity index is 2.36. The molecule has 0 unspecified atom stereocenters. The van der Waals surface area contributed by atoms with Gasteiger partial charge in [0.2, 0.25) is 0 Å². The van der Waals surface area contributed by atoms with Gasteiger partial charge in [-0.1, -0.05) is 24.3 Å². The molecule has 6 nitrogen and oxygen atoms in total. The van der Waals surface area contributed by atoms with Gasteiger partial charge in [0.25, 0.3) is 10.0 Å². The van der Waals surface area contributed by atoms with Crippen molar-refractivity contribution in [1.82, 2.24) is 15.3 Å². The first-order valence-electron chi connectivity index (χ1n) is 5.88. The summed E-state index contributed by atoms with van der Waals surface area (Å²) in [5.41, 5.74) is 3.38. The molecule has 0 atom stereocenters. The first-order valence-corrected chi connectivity index (χ1v) is 7.36. The van der Waals surface area contributed by atoms with E-state index in [1.54, 1.807) is 12.1 Å². The van der Waals surface area contributed by atoms with Crippen molar-refractivity contribution in [3.05, 3.63) is 48.5 Å². The summed E-state index contributed by atoms with van der Waals surface area (Å²) in [5.74, 6) is 5.03. The maximum Gasteiger partial charge on any atom is 0.255 e. The number of sulfonamides is 1. The molecule has 0 bridgehead atoms. The summed E-state index contributed by atoms with van der Waals surface area (Å²) in [6.07, 6.45) is 0. The van der Waals surface area contributed by atoms with E-state index >= 15 is 0 Å². The van der Waals surface area contributed by atoms with E-state index in [4.69, 9.17) is 5.84 Å². The maximum absolute atomic E-state index is 12.1. The van der Waals surface area contributed by atoms with Crippen molar-refractivity contribution in [2.45, 2.75) is 4.90 Å². The van der Waals surface area contributed by atoms with Crippen molar-refractivity contribution < 1.29 is 8.42 Å². The van der Waals surface area contributed by atoms with E-state index in [0.717, 1.165) is 10.9 Å². The van der Waals surface area contributed by atoms with Crippen LogP contribution in [0.4, 0.5) is 0 Å². The van der Waals surface area contributed by atoms with Crippen LogP contribution in [-0.2, 0) is 10.0 Å². The Morgan fingerprint density at radius 1 is 1.00 bits per heavy atom. The third-order valence-corrected chi connectivity index (χ3v) is 4.33. The Morgan fingerprint density at radius 3 is 2.55 bits per heavy atom. The minimum atomic E-state index is -3.73. The van der Waals surface area contributed by atoms with Crippen LogP contribution in [0.1, 0.15) is 0 Å². The van der Waals surface area contributed by atoms with Crippen molar-refractivity contribution in [2.75, 3.05) is 0 Å². The number of fused-ring (bicyclic) bond motifs is 2. The van der Waals surface area contributed by atoms with Crippen LogP contribution in [0.15, 0.2) is 53.4 Å². The second-order valence-corrected chi connectivity index (χ2v) is 5.90. The number of nitrogens with zero attached hydrogens (tertiary/aromatic N) is 1. The van der Waals surface area contributed by atoms with E-state index in [1.165, 1.54) is 6.07 Å². The number of hydrogen-bond acceptors (Lipinski definition) is 5. The monoisotopic (exact) mass is 288 g/mol. The Bertz CT molecular complexity index is 893. The first-order chi connectivity index (χ1) is 9.62. The van der Waals surface area contributed by atoms with Crippen LogP contribution < -0.4 is 16.2 Å². The molecular weight excluding hydrogens is 276 g/mol. The normalized spacial score (nSPS) is 12.1. The highest BCUT2D eigenvalue weighted by Gasteiger charge is 2.17. The van der Waals surface area contributed by atoms with Crippen LogP contribution in [0.25, 0.3) is 21.8 Å². The zero-order chi connectivity index (χ0) is 14.2. The molecule has 102 valence electrons. The molecule has 0 saturated carbocycles. The second kappa shape index (κ2) is 4.80. The quantitative estimate of drug-likeness (QED) is 0.380. The van der Waals surface area contributed by atoms with Crippen LogP contribution in [0.5, 0.6) is 0 Å². The SMILES string of the molecule is NNNS(=O)(=O)c1cccc2nc3ccccc3cc12. The summed E-state index contributed by atoms with van der Waals surface area (Å²) < 4.78 is 24.2. The van der Waals surface area contributed by atoms with E-state index < -0.39 is 10.0 Å². The lowest BCUT2D eigenvalue weighted by Gasteiger charge is -2.09. The molecule has 3 aromatic rings. The van der Waals surface area contributed by atoms with Gasteiger partial charge in [-0.05, 0) is 24.3 Å². The van der Waals surface area contributed by atoms with Gasteiger partial charge in [0.05, 0.1) is 15.9 Å². The fourth-order valence-corrected chi connectivity index (χ4v) is 3.11. The molecule has 7 heteroatoms. The van der Waals surface area contributed by atoms with E-state index in [1.807, 2.05) is 35.9 Å². The van der Waals surface area contributed by atoms with Gasteiger partial charge >= 0.3 is 0 Å². The Kier molecular flexibility index (Phi) is 3.11. The summed E-state index contributed by atoms with van der Waals surface area (Å²) in [4.78, 5) is 6.65. The summed E-state index contributed by atoms with van der Waals surface area (Å²) in [5, 5.41) is 1.43. The average molecular weight is 288 g/mol. The zero-order valence-corrected chi connectivity index (χ0v) is 11.2. The largest absolute Gasteiger partial charge is 0.257 e. The number of hydrogen-bond donors (Lipinski definition) is 3. The van der Waals surface area contributed by atoms with Crippen molar-refractivity contribution >= 4 is 31.8 Å². The number of nitrogens with one attached hydrogen (secondary N) is 2. The molecule has 20 heavy (non-hydrogen) atoms. The number of aromatic nitrogens is 1. The van der Waals surface area contributed by atoms with Crippen molar-refractivity contribution in [1.29, 1.82) is 0 Å². The Hall–Kier alpha value is -2.06. The van der Waals surface area contributed by atoms with Crippen LogP contribution >= 0.6 is 0 Å². The van der Waals surface area contributed by atoms with Crippen LogP contribution in [0.3, 0.4) is 0 Å². The molecule has 2 aromatic carbocycles. The second-order valence-electron chi connectivity index (χ2n) is 4.25. The lowest BCUT2D eigenvalue weighted by molar-refractivity contribution is 0.563. The Labute approximate surface area is 115 Å². The molecule has 0 aliphatic heterocycles. The van der Waals surface area contributed by atoms with E-state index in [9.17, 15) is 8.42 Å². The fourth-order valence-electron chi connectivity index (χ4n) is 2.14. The molecule has 1 aromatic heterocycles. The highest BCUT2D eigenvalue weighted by molar-refractivity contribution is 7.89. The molecule has 0 fully saturated rings. The molecule has 3 rings (SSSR count). The summed E-state index contributed by atoms with van der Waals surface area (Å²) >= 11 is 0. The molecule has 0 spiro atoms. The van der Waals surface area contributed by atoms with Gasteiger partial charge in [-0.15, -0.1) is 4.83 Å². The molecule has 0 saturated heterocycles. The average Bonchev–Trinajstić information content (AvgIpc) is 2.44. The molecular formula is C13H12N4O2S. The van der Waals surface area contributed by atoms with Gasteiger partial charge in [0, 0.05) is 10.8 Å². The van der Waals surface area contributed by atoms with Gasteiger partial charge in [-0.25, -0.2) is 13.4 Å². The van der Waals surface area contributed by atoms with Crippen molar-refractivity contribution in [2.24, 2.45) is 5.84 Å². The van der Waals surface area contributed by atoms with Crippen molar-refractivity contribution in [3.63, 3.8) is 0 Å². The number of benzene rings is 2. The lowest BCUT2D eigenvalue weighted by atomic mass is 10.1. The van der Waals surface area contributed by atoms with E-state index in [2.05, 4.69) is 9.82 Å². The van der Waals surface area contributed by atoms with E-state index in [-0.39, 0.29) is 4.90 Å². The number of para-hydroxylation sites is 1. The van der Waals surface area contributed by atoms with Crippen LogP contribution in [-0.4, -0.2) is 13.4 Å². The smallest absolute Gasteiger partial charge is 0.255 e. The standard InChI is InChI=1S/C13H12N4O2S/c14-16-17-20(18,19)13-7-3-6-12-10(13)8-9-4-1-2-5-11(9)15-12/h1-8,16-17H,14H2. The third-order valence-electron chi connectivity index (χ3n) is 3.00. The minimum absolute atomic E-state index is 0.131.